The largest absolute Gasteiger partial charge is 0.458 e. The van der Waals surface area contributed by atoms with E-state index in [2.05, 4.69) is 6.92 Å². The van der Waals surface area contributed by atoms with Crippen LogP contribution in [0.15, 0.2) is 11.6 Å². The number of esters is 1. The first-order valence-electron chi connectivity index (χ1n) is 9.65. The average Bonchev–Trinajstić information content (AvgIpc) is 3.24. The summed E-state index contributed by atoms with van der Waals surface area (Å²) in [5.74, 6) is 0.451. The lowest BCUT2D eigenvalue weighted by Gasteiger charge is -2.61. The summed E-state index contributed by atoms with van der Waals surface area (Å²) in [5, 5.41) is 20.7. The van der Waals surface area contributed by atoms with Gasteiger partial charge in [0.25, 0.3) is 0 Å². The lowest BCUT2D eigenvalue weighted by atomic mass is 9.44. The second kappa shape index (κ2) is 5.80. The van der Waals surface area contributed by atoms with E-state index in [1.165, 1.54) is 0 Å². The fraction of sp³-hybridized carbons (Fsp3) is 0.850. The number of rotatable bonds is 4. The van der Waals surface area contributed by atoms with Crippen molar-refractivity contribution in [3.63, 3.8) is 0 Å². The summed E-state index contributed by atoms with van der Waals surface area (Å²) in [4.78, 5) is 11.8. The molecule has 3 fully saturated rings. The quantitative estimate of drug-likeness (QED) is 0.600. The summed E-state index contributed by atoms with van der Waals surface area (Å²) in [6, 6.07) is 0. The van der Waals surface area contributed by atoms with Gasteiger partial charge in [0.2, 0.25) is 0 Å². The van der Waals surface area contributed by atoms with Crippen molar-refractivity contribution in [1.29, 1.82) is 0 Å². The molecule has 6 atom stereocenters. The van der Waals surface area contributed by atoms with E-state index in [4.69, 9.17) is 9.47 Å². The van der Waals surface area contributed by atoms with E-state index in [1.807, 2.05) is 13.0 Å². The smallest absolute Gasteiger partial charge is 0.334 e. The van der Waals surface area contributed by atoms with Crippen LogP contribution in [0.4, 0.5) is 0 Å². The minimum atomic E-state index is -0.451. The van der Waals surface area contributed by atoms with Crippen LogP contribution in [0.1, 0.15) is 52.4 Å². The zero-order valence-corrected chi connectivity index (χ0v) is 15.3. The van der Waals surface area contributed by atoms with Crippen LogP contribution < -0.4 is 0 Å². The van der Waals surface area contributed by atoms with Gasteiger partial charge in [-0.2, -0.15) is 0 Å². The molecule has 0 bridgehead atoms. The molecule has 1 spiro atoms. The highest BCUT2D eigenvalue weighted by atomic mass is 16.6. The molecule has 0 aromatic rings. The normalized spacial score (nSPS) is 48.9. The number of hydrogen-bond acceptors (Lipinski definition) is 5. The first-order chi connectivity index (χ1) is 11.9. The highest BCUT2D eigenvalue weighted by molar-refractivity contribution is 5.90. The van der Waals surface area contributed by atoms with Gasteiger partial charge in [-0.25, -0.2) is 4.79 Å². The number of aliphatic hydroxyl groups is 2. The third kappa shape index (κ3) is 2.50. The Labute approximate surface area is 149 Å². The highest BCUT2D eigenvalue weighted by Crippen LogP contribution is 2.66. The molecule has 5 nitrogen and oxygen atoms in total. The van der Waals surface area contributed by atoms with Gasteiger partial charge in [-0.1, -0.05) is 13.8 Å². The number of ether oxygens (including phenoxy) is 2. The molecule has 0 aromatic carbocycles. The first kappa shape index (κ1) is 17.5. The van der Waals surface area contributed by atoms with Gasteiger partial charge in [-0.3, -0.25) is 0 Å². The van der Waals surface area contributed by atoms with Crippen molar-refractivity contribution < 1.29 is 24.5 Å². The topological polar surface area (TPSA) is 79.3 Å². The summed E-state index contributed by atoms with van der Waals surface area (Å²) in [7, 11) is 0. The molecule has 4 aliphatic rings. The summed E-state index contributed by atoms with van der Waals surface area (Å²) in [5.41, 5.74) is 0.316. The molecule has 25 heavy (non-hydrogen) atoms. The molecule has 0 radical (unpaired) electrons. The Kier molecular flexibility index (Phi) is 4.06. The zero-order valence-electron chi connectivity index (χ0n) is 15.3. The van der Waals surface area contributed by atoms with Gasteiger partial charge in [0.15, 0.2) is 0 Å². The fourth-order valence-electron chi connectivity index (χ4n) is 6.32. The van der Waals surface area contributed by atoms with Crippen LogP contribution in [0.5, 0.6) is 0 Å². The van der Waals surface area contributed by atoms with Crippen molar-refractivity contribution in [2.75, 3.05) is 19.8 Å². The zero-order chi connectivity index (χ0) is 17.9. The number of carbonyl (C=O) groups is 1. The summed E-state index contributed by atoms with van der Waals surface area (Å²) < 4.78 is 11.0. The molecule has 2 saturated carbocycles. The van der Waals surface area contributed by atoms with Crippen LogP contribution in [0.3, 0.4) is 0 Å². The minimum Gasteiger partial charge on any atom is -0.458 e. The monoisotopic (exact) mass is 350 g/mol. The maximum atomic E-state index is 11.8. The highest BCUT2D eigenvalue weighted by Gasteiger charge is 2.66. The van der Waals surface area contributed by atoms with Gasteiger partial charge in [-0.15, -0.1) is 0 Å². The van der Waals surface area contributed by atoms with E-state index in [0.717, 1.165) is 50.7 Å². The van der Waals surface area contributed by atoms with Crippen LogP contribution in [-0.2, 0) is 14.3 Å². The molecule has 2 aliphatic heterocycles. The molecule has 0 amide bonds. The third-order valence-electron chi connectivity index (χ3n) is 7.96. The van der Waals surface area contributed by atoms with Gasteiger partial charge < -0.3 is 19.7 Å². The van der Waals surface area contributed by atoms with Crippen molar-refractivity contribution >= 4 is 5.97 Å². The van der Waals surface area contributed by atoms with Crippen LogP contribution in [-0.4, -0.2) is 47.7 Å². The SMILES string of the molecule is C[C@]1(CO)[C@@H]2CC[C@]3(CO3)[C@H](CCC3=CCOC3=O)[C@@]2(C)CC[C@H]1O. The third-order valence-corrected chi connectivity index (χ3v) is 7.96. The maximum absolute atomic E-state index is 11.8. The van der Waals surface area contributed by atoms with Crippen molar-refractivity contribution in [2.24, 2.45) is 22.7 Å². The van der Waals surface area contributed by atoms with E-state index in [-0.39, 0.29) is 29.5 Å². The van der Waals surface area contributed by atoms with Crippen LogP contribution in [0.2, 0.25) is 0 Å². The van der Waals surface area contributed by atoms with E-state index in [9.17, 15) is 15.0 Å². The molecule has 0 aromatic heterocycles. The van der Waals surface area contributed by atoms with Crippen molar-refractivity contribution in [3.05, 3.63) is 11.6 Å². The Balaban J connectivity index is 1.60. The molecular formula is C20H30O5. The predicted molar refractivity (Wildman–Crippen MR) is 91.7 cm³/mol. The number of carbonyl (C=O) groups excluding carboxylic acids is 1. The number of hydrogen-bond donors (Lipinski definition) is 2. The predicted octanol–water partition coefficient (Wildman–Crippen LogP) is 2.20. The molecule has 2 aliphatic carbocycles. The first-order valence-corrected chi connectivity index (χ1v) is 9.65. The second-order valence-corrected chi connectivity index (χ2v) is 9.09. The van der Waals surface area contributed by atoms with Gasteiger partial charge in [0.05, 0.1) is 24.9 Å². The van der Waals surface area contributed by atoms with E-state index < -0.39 is 11.5 Å². The van der Waals surface area contributed by atoms with Gasteiger partial charge in [0, 0.05) is 11.0 Å². The van der Waals surface area contributed by atoms with E-state index in [0.29, 0.717) is 12.5 Å². The molecule has 4 rings (SSSR count). The summed E-state index contributed by atoms with van der Waals surface area (Å²) in [6.07, 6.45) is 6.75. The number of epoxide rings is 1. The molecule has 0 unspecified atom stereocenters. The Morgan fingerprint density at radius 1 is 1.28 bits per heavy atom. The van der Waals surface area contributed by atoms with Crippen molar-refractivity contribution in [1.82, 2.24) is 0 Å². The van der Waals surface area contributed by atoms with Gasteiger partial charge in [-0.05, 0) is 61.9 Å². The Morgan fingerprint density at radius 3 is 2.64 bits per heavy atom. The fourth-order valence-corrected chi connectivity index (χ4v) is 6.32. The number of cyclic esters (lactones) is 1. The molecule has 2 N–H and O–H groups in total. The Bertz CT molecular complexity index is 595. The van der Waals surface area contributed by atoms with Gasteiger partial charge in [0.1, 0.15) is 6.61 Å². The molecule has 5 heteroatoms. The number of aliphatic hydroxyl groups excluding tert-OH is 2. The van der Waals surface area contributed by atoms with Gasteiger partial charge >= 0.3 is 5.97 Å². The molecular weight excluding hydrogens is 320 g/mol. The lowest BCUT2D eigenvalue weighted by Crippen LogP contribution is -2.60. The van der Waals surface area contributed by atoms with Crippen LogP contribution in [0, 0.1) is 22.7 Å². The standard InChI is InChI=1S/C20H30O5/c1-18-8-6-16(22)19(2,11-21)14(18)5-9-20(12-25-20)15(18)4-3-13-7-10-24-17(13)23/h7,14-16,21-22H,3-6,8-12H2,1-2H3/t14-,15-,16-,18+,19+,20+/m1/s1. The maximum Gasteiger partial charge on any atom is 0.334 e. The molecule has 1 saturated heterocycles. The molecule has 140 valence electrons. The minimum absolute atomic E-state index is 0.0203. The van der Waals surface area contributed by atoms with E-state index in [1.54, 1.807) is 0 Å². The average molecular weight is 350 g/mol. The Morgan fingerprint density at radius 2 is 2.04 bits per heavy atom. The van der Waals surface area contributed by atoms with Crippen LogP contribution in [0.25, 0.3) is 0 Å². The van der Waals surface area contributed by atoms with Crippen molar-refractivity contribution in [3.8, 4) is 0 Å². The lowest BCUT2D eigenvalue weighted by molar-refractivity contribution is -0.176. The summed E-state index contributed by atoms with van der Waals surface area (Å²) in [6.45, 7) is 5.59. The van der Waals surface area contributed by atoms with Crippen LogP contribution >= 0.6 is 0 Å². The summed E-state index contributed by atoms with van der Waals surface area (Å²) >= 11 is 0. The Hall–Kier alpha value is -0.910. The number of fused-ring (bicyclic) bond motifs is 1. The second-order valence-electron chi connectivity index (χ2n) is 9.09. The van der Waals surface area contributed by atoms with E-state index >= 15 is 0 Å². The van der Waals surface area contributed by atoms with Crippen molar-refractivity contribution in [2.45, 2.75) is 64.1 Å². The molecule has 2 heterocycles.